The van der Waals surface area contributed by atoms with Crippen LogP contribution in [0.25, 0.3) is 0 Å². The molecule has 0 aromatic heterocycles. The van der Waals surface area contributed by atoms with Gasteiger partial charge >= 0.3 is 0 Å². The second kappa shape index (κ2) is 6.91. The lowest BCUT2D eigenvalue weighted by Crippen LogP contribution is -2.38. The van der Waals surface area contributed by atoms with Crippen LogP contribution in [-0.2, 0) is 24.3 Å². The van der Waals surface area contributed by atoms with Gasteiger partial charge in [0.15, 0.2) is 9.84 Å². The van der Waals surface area contributed by atoms with Crippen molar-refractivity contribution in [2.75, 3.05) is 30.0 Å². The lowest BCUT2D eigenvalue weighted by molar-refractivity contribution is -0.182. The van der Waals surface area contributed by atoms with Crippen LogP contribution in [0.3, 0.4) is 0 Å². The van der Waals surface area contributed by atoms with Crippen molar-refractivity contribution in [2.24, 2.45) is 0 Å². The summed E-state index contributed by atoms with van der Waals surface area (Å²) in [5.41, 5.74) is 0.623. The van der Waals surface area contributed by atoms with E-state index in [0.29, 0.717) is 10.7 Å². The highest BCUT2D eigenvalue weighted by Crippen LogP contribution is 2.38. The van der Waals surface area contributed by atoms with Crippen LogP contribution in [0.15, 0.2) is 23.1 Å². The van der Waals surface area contributed by atoms with Crippen LogP contribution < -0.4 is 5.32 Å². The molecule has 130 valence electrons. The molecule has 2 amide bonds. The highest BCUT2D eigenvalue weighted by Gasteiger charge is 2.32. The number of carbonyl (C=O) groups is 2. The van der Waals surface area contributed by atoms with Gasteiger partial charge in [-0.2, -0.15) is 0 Å². The number of sulfone groups is 1. The highest BCUT2D eigenvalue weighted by atomic mass is 35.5. The number of hydroxylamine groups is 2. The Hall–Kier alpha value is -1.29. The summed E-state index contributed by atoms with van der Waals surface area (Å²) in [6, 6.07) is 5.16. The quantitative estimate of drug-likeness (QED) is 0.819. The van der Waals surface area contributed by atoms with Crippen LogP contribution in [0, 0.1) is 0 Å². The third-order valence-electron chi connectivity index (χ3n) is 3.65. The summed E-state index contributed by atoms with van der Waals surface area (Å²) in [6.45, 7) is -0.0776. The van der Waals surface area contributed by atoms with E-state index < -0.39 is 21.0 Å². The van der Waals surface area contributed by atoms with E-state index in [0.717, 1.165) is 9.96 Å². The van der Waals surface area contributed by atoms with Crippen molar-refractivity contribution >= 4 is 50.7 Å². The zero-order valence-electron chi connectivity index (χ0n) is 12.5. The largest absolute Gasteiger partial charge is 0.324 e. The predicted octanol–water partition coefficient (Wildman–Crippen LogP) is 1.33. The van der Waals surface area contributed by atoms with E-state index in [2.05, 4.69) is 5.32 Å². The molecule has 1 aromatic carbocycles. The Balaban J connectivity index is 1.66. The highest BCUT2D eigenvalue weighted by molar-refractivity contribution is 8.01. The lowest BCUT2D eigenvalue weighted by Gasteiger charge is -2.26. The Morgan fingerprint density at radius 1 is 1.42 bits per heavy atom. The maximum absolute atomic E-state index is 12.3. The van der Waals surface area contributed by atoms with Crippen molar-refractivity contribution in [3.05, 3.63) is 23.2 Å². The number of rotatable bonds is 2. The van der Waals surface area contributed by atoms with Gasteiger partial charge < -0.3 is 5.32 Å². The summed E-state index contributed by atoms with van der Waals surface area (Å²) in [5, 5.41) is 3.70. The number of nitrogens with zero attached hydrogens (tertiary/aromatic N) is 1. The number of anilines is 1. The van der Waals surface area contributed by atoms with Crippen molar-refractivity contribution in [3.8, 4) is 0 Å². The van der Waals surface area contributed by atoms with Crippen molar-refractivity contribution in [1.29, 1.82) is 0 Å². The standard InChI is InChI=1S/C14H15ClN2O5S2/c15-9-1-2-11-10(7-9)16-14(19)12(23-11)8-13(18)17-3-5-24(20,21)6-4-22-17/h1-2,7,12H,3-6,8H2,(H,16,19). The molecule has 10 heteroatoms. The molecular formula is C14H15ClN2O5S2. The number of carbonyl (C=O) groups excluding carboxylic acids is 2. The van der Waals surface area contributed by atoms with Gasteiger partial charge in [-0.3, -0.25) is 14.4 Å². The molecule has 1 saturated heterocycles. The summed E-state index contributed by atoms with van der Waals surface area (Å²) in [4.78, 5) is 30.5. The van der Waals surface area contributed by atoms with Crippen molar-refractivity contribution < 1.29 is 22.8 Å². The van der Waals surface area contributed by atoms with Gasteiger partial charge in [0, 0.05) is 9.92 Å². The maximum atomic E-state index is 12.3. The molecule has 2 aliphatic rings. The monoisotopic (exact) mass is 390 g/mol. The lowest BCUT2D eigenvalue weighted by atomic mass is 10.2. The molecule has 2 heterocycles. The Labute approximate surface area is 148 Å². The molecule has 0 radical (unpaired) electrons. The first-order chi connectivity index (χ1) is 11.3. The Kier molecular flexibility index (Phi) is 5.05. The van der Waals surface area contributed by atoms with Gasteiger partial charge in [0.25, 0.3) is 0 Å². The zero-order valence-corrected chi connectivity index (χ0v) is 14.9. The van der Waals surface area contributed by atoms with Gasteiger partial charge in [-0.05, 0) is 18.2 Å². The van der Waals surface area contributed by atoms with Gasteiger partial charge in [0.05, 0.1) is 42.0 Å². The minimum absolute atomic E-state index is 0.0215. The van der Waals surface area contributed by atoms with E-state index in [1.165, 1.54) is 11.8 Å². The molecule has 7 nitrogen and oxygen atoms in total. The molecule has 1 N–H and O–H groups in total. The molecule has 3 rings (SSSR count). The first-order valence-corrected chi connectivity index (χ1v) is 10.3. The molecule has 24 heavy (non-hydrogen) atoms. The van der Waals surface area contributed by atoms with Gasteiger partial charge in [-0.1, -0.05) is 11.6 Å². The third-order valence-corrected chi connectivity index (χ3v) is 6.75. The Morgan fingerprint density at radius 2 is 2.21 bits per heavy atom. The number of hydrogen-bond acceptors (Lipinski definition) is 6. The molecule has 0 bridgehead atoms. The number of thioether (sulfide) groups is 1. The van der Waals surface area contributed by atoms with E-state index in [9.17, 15) is 18.0 Å². The zero-order chi connectivity index (χ0) is 17.3. The van der Waals surface area contributed by atoms with E-state index in [-0.39, 0.29) is 37.0 Å². The summed E-state index contributed by atoms with van der Waals surface area (Å²) >= 11 is 7.18. The molecule has 2 aliphatic heterocycles. The minimum Gasteiger partial charge on any atom is -0.324 e. The number of nitrogens with one attached hydrogen (secondary N) is 1. The van der Waals surface area contributed by atoms with Crippen molar-refractivity contribution in [2.45, 2.75) is 16.6 Å². The van der Waals surface area contributed by atoms with Crippen LogP contribution in [0.2, 0.25) is 5.02 Å². The summed E-state index contributed by atoms with van der Waals surface area (Å²) in [5.74, 6) is -0.934. The van der Waals surface area contributed by atoms with E-state index in [1.807, 2.05) is 0 Å². The number of benzene rings is 1. The number of hydrogen-bond donors (Lipinski definition) is 1. The SMILES string of the molecule is O=C1Nc2cc(Cl)ccc2SC1CC(=O)N1CCS(=O)(=O)CCO1. The summed E-state index contributed by atoms with van der Waals surface area (Å²) < 4.78 is 23.1. The Morgan fingerprint density at radius 3 is 3.00 bits per heavy atom. The van der Waals surface area contributed by atoms with Crippen molar-refractivity contribution in [3.63, 3.8) is 0 Å². The first-order valence-electron chi connectivity index (χ1n) is 7.25. The van der Waals surface area contributed by atoms with Crippen molar-refractivity contribution in [1.82, 2.24) is 5.06 Å². The van der Waals surface area contributed by atoms with E-state index >= 15 is 0 Å². The van der Waals surface area contributed by atoms with E-state index in [4.69, 9.17) is 16.4 Å². The maximum Gasteiger partial charge on any atom is 0.247 e. The molecule has 0 saturated carbocycles. The van der Waals surface area contributed by atoms with Crippen LogP contribution >= 0.6 is 23.4 Å². The van der Waals surface area contributed by atoms with Gasteiger partial charge in [0.2, 0.25) is 11.8 Å². The molecule has 1 unspecified atom stereocenters. The van der Waals surface area contributed by atoms with Crippen LogP contribution in [0.1, 0.15) is 6.42 Å². The number of fused-ring (bicyclic) bond motifs is 1. The molecule has 1 aromatic rings. The van der Waals surface area contributed by atoms with E-state index in [1.54, 1.807) is 18.2 Å². The fraction of sp³-hybridized carbons (Fsp3) is 0.429. The predicted molar refractivity (Wildman–Crippen MR) is 90.7 cm³/mol. The Bertz CT molecular complexity index is 783. The second-order valence-corrected chi connectivity index (χ2v) is 9.41. The topological polar surface area (TPSA) is 92.8 Å². The van der Waals surface area contributed by atoms with Crippen LogP contribution in [0.4, 0.5) is 5.69 Å². The number of amides is 2. The smallest absolute Gasteiger partial charge is 0.247 e. The first kappa shape index (κ1) is 17.5. The summed E-state index contributed by atoms with van der Waals surface area (Å²) in [7, 11) is -3.19. The fourth-order valence-electron chi connectivity index (χ4n) is 2.38. The molecule has 0 spiro atoms. The van der Waals surface area contributed by atoms with Gasteiger partial charge in [-0.25, -0.2) is 13.5 Å². The molecule has 0 aliphatic carbocycles. The minimum atomic E-state index is -3.19. The normalized spacial score (nSPS) is 23.1. The average Bonchev–Trinajstić information content (AvgIpc) is 2.69. The molecule has 1 atom stereocenters. The third kappa shape index (κ3) is 4.02. The fourth-order valence-corrected chi connectivity index (χ4v) is 4.61. The molecule has 1 fully saturated rings. The van der Waals surface area contributed by atoms with Crippen LogP contribution in [-0.4, -0.2) is 55.2 Å². The van der Waals surface area contributed by atoms with Gasteiger partial charge in [-0.15, -0.1) is 11.8 Å². The second-order valence-electron chi connectivity index (χ2n) is 5.42. The number of halogens is 1. The van der Waals surface area contributed by atoms with Gasteiger partial charge in [0.1, 0.15) is 0 Å². The molecular weight excluding hydrogens is 376 g/mol. The summed E-state index contributed by atoms with van der Waals surface area (Å²) in [6.07, 6.45) is -0.0708. The van der Waals surface area contributed by atoms with Crippen LogP contribution in [0.5, 0.6) is 0 Å². The average molecular weight is 391 g/mol.